The highest BCUT2D eigenvalue weighted by molar-refractivity contribution is 8.00. The Labute approximate surface area is 213 Å². The summed E-state index contributed by atoms with van der Waals surface area (Å²) in [5.74, 6) is 0.177. The Morgan fingerprint density at radius 2 is 1.97 bits per heavy atom. The Morgan fingerprint density at radius 3 is 2.78 bits per heavy atom. The van der Waals surface area contributed by atoms with E-state index in [2.05, 4.69) is 20.5 Å². The molecule has 12 heteroatoms. The second-order valence-corrected chi connectivity index (χ2v) is 9.94. The van der Waals surface area contributed by atoms with Gasteiger partial charge in [0.15, 0.2) is 4.34 Å². The van der Waals surface area contributed by atoms with Crippen LogP contribution in [0.4, 0.5) is 5.13 Å². The molecule has 0 spiro atoms. The molecule has 0 unspecified atom stereocenters. The van der Waals surface area contributed by atoms with Crippen LogP contribution in [0.1, 0.15) is 15.9 Å². The zero-order chi connectivity index (χ0) is 25.1. The minimum Gasteiger partial charge on any atom is -0.383 e. The lowest BCUT2D eigenvalue weighted by Gasteiger charge is -2.14. The SMILES string of the molecule is COCCn1c(=N)c(C(=O)Nc2nnc(SCc3ccccc3)s2)cc2c(=O)n3ccccc3nc21. The van der Waals surface area contributed by atoms with E-state index < -0.39 is 5.91 Å². The summed E-state index contributed by atoms with van der Waals surface area (Å²) in [6.45, 7) is 0.534. The molecule has 5 rings (SSSR count). The van der Waals surface area contributed by atoms with Crippen molar-refractivity contribution in [2.24, 2.45) is 0 Å². The molecule has 10 nitrogen and oxygen atoms in total. The van der Waals surface area contributed by atoms with E-state index in [1.807, 2.05) is 30.3 Å². The number of ether oxygens (including phenoxy) is 1. The topological polar surface area (TPSA) is 127 Å². The first-order valence-corrected chi connectivity index (χ1v) is 12.8. The summed E-state index contributed by atoms with van der Waals surface area (Å²) in [5.41, 5.74) is 1.56. The number of aromatic nitrogens is 5. The summed E-state index contributed by atoms with van der Waals surface area (Å²) in [6, 6.07) is 16.6. The van der Waals surface area contributed by atoms with Crippen molar-refractivity contribution in [2.45, 2.75) is 16.6 Å². The molecule has 0 saturated carbocycles. The quantitative estimate of drug-likeness (QED) is 0.183. The van der Waals surface area contributed by atoms with E-state index in [-0.39, 0.29) is 35.1 Å². The second kappa shape index (κ2) is 10.4. The molecule has 182 valence electrons. The number of rotatable bonds is 8. The van der Waals surface area contributed by atoms with Gasteiger partial charge in [0.1, 0.15) is 16.8 Å². The summed E-state index contributed by atoms with van der Waals surface area (Å²) in [7, 11) is 1.55. The minimum absolute atomic E-state index is 0.0297. The average Bonchev–Trinajstić information content (AvgIpc) is 3.35. The van der Waals surface area contributed by atoms with Crippen LogP contribution in [0.5, 0.6) is 0 Å². The number of amides is 1. The van der Waals surface area contributed by atoms with Gasteiger partial charge in [0.05, 0.1) is 17.6 Å². The molecule has 5 aromatic rings. The van der Waals surface area contributed by atoms with Gasteiger partial charge in [-0.2, -0.15) is 0 Å². The van der Waals surface area contributed by atoms with Crippen molar-refractivity contribution in [3.05, 3.63) is 87.8 Å². The molecule has 0 aliphatic heterocycles. The largest absolute Gasteiger partial charge is 0.383 e. The fraction of sp³-hybridized carbons (Fsp3) is 0.167. The van der Waals surface area contributed by atoms with Crippen molar-refractivity contribution in [2.75, 3.05) is 19.0 Å². The number of nitrogens with one attached hydrogen (secondary N) is 2. The number of pyridine rings is 2. The maximum Gasteiger partial charge on any atom is 0.267 e. The number of benzene rings is 1. The van der Waals surface area contributed by atoms with E-state index >= 15 is 0 Å². The highest BCUT2D eigenvalue weighted by Crippen LogP contribution is 2.28. The summed E-state index contributed by atoms with van der Waals surface area (Å²) in [4.78, 5) is 31.0. The van der Waals surface area contributed by atoms with Crippen LogP contribution >= 0.6 is 23.1 Å². The highest BCUT2D eigenvalue weighted by Gasteiger charge is 2.19. The van der Waals surface area contributed by atoms with E-state index in [0.29, 0.717) is 20.8 Å². The lowest BCUT2D eigenvalue weighted by atomic mass is 10.2. The summed E-state index contributed by atoms with van der Waals surface area (Å²) >= 11 is 2.77. The Morgan fingerprint density at radius 1 is 1.17 bits per heavy atom. The van der Waals surface area contributed by atoms with Crippen LogP contribution < -0.4 is 16.4 Å². The zero-order valence-electron chi connectivity index (χ0n) is 19.2. The zero-order valence-corrected chi connectivity index (χ0v) is 20.8. The van der Waals surface area contributed by atoms with Gasteiger partial charge in [0, 0.05) is 25.6 Å². The third kappa shape index (κ3) is 4.78. The number of carbonyl (C=O) groups excluding carboxylic acids is 1. The minimum atomic E-state index is -0.554. The molecule has 1 aromatic carbocycles. The van der Waals surface area contributed by atoms with Gasteiger partial charge in [-0.05, 0) is 23.8 Å². The standard InChI is InChI=1S/C24H21N7O3S2/c1-34-12-11-31-19(25)16(13-17-20(31)26-18-9-5-6-10-30(18)22(17)33)21(32)27-23-28-29-24(36-23)35-14-15-7-3-2-4-8-15/h2-10,13,25H,11-12,14H2,1H3,(H,27,28,32). The third-order valence-corrected chi connectivity index (χ3v) is 7.46. The summed E-state index contributed by atoms with van der Waals surface area (Å²) in [6.07, 6.45) is 1.62. The third-order valence-electron chi connectivity index (χ3n) is 5.41. The number of hydrogen-bond donors (Lipinski definition) is 2. The van der Waals surface area contributed by atoms with Crippen LogP contribution in [0, 0.1) is 5.41 Å². The van der Waals surface area contributed by atoms with Crippen LogP contribution in [-0.4, -0.2) is 43.8 Å². The smallest absolute Gasteiger partial charge is 0.267 e. The first-order chi connectivity index (χ1) is 17.5. The van der Waals surface area contributed by atoms with E-state index in [4.69, 9.17) is 10.1 Å². The van der Waals surface area contributed by atoms with Gasteiger partial charge in [-0.25, -0.2) is 4.98 Å². The van der Waals surface area contributed by atoms with E-state index in [1.165, 1.54) is 38.1 Å². The first-order valence-electron chi connectivity index (χ1n) is 10.9. The van der Waals surface area contributed by atoms with Crippen molar-refractivity contribution in [1.29, 1.82) is 5.41 Å². The Balaban J connectivity index is 1.47. The highest BCUT2D eigenvalue weighted by atomic mass is 32.2. The summed E-state index contributed by atoms with van der Waals surface area (Å²) in [5, 5.41) is 20.2. The molecule has 0 fully saturated rings. The van der Waals surface area contributed by atoms with Crippen molar-refractivity contribution >= 4 is 50.8 Å². The molecular formula is C24H21N7O3S2. The van der Waals surface area contributed by atoms with Gasteiger partial charge in [0.2, 0.25) is 5.13 Å². The summed E-state index contributed by atoms with van der Waals surface area (Å²) < 4.78 is 8.83. The fourth-order valence-electron chi connectivity index (χ4n) is 3.66. The molecule has 4 aromatic heterocycles. The van der Waals surface area contributed by atoms with Crippen molar-refractivity contribution < 1.29 is 9.53 Å². The normalized spacial score (nSPS) is 11.2. The number of carbonyl (C=O) groups is 1. The van der Waals surface area contributed by atoms with Gasteiger partial charge in [0.25, 0.3) is 11.5 Å². The molecule has 0 radical (unpaired) electrons. The molecule has 36 heavy (non-hydrogen) atoms. The predicted molar refractivity (Wildman–Crippen MR) is 139 cm³/mol. The van der Waals surface area contributed by atoms with Gasteiger partial charge >= 0.3 is 0 Å². The van der Waals surface area contributed by atoms with Crippen LogP contribution in [0.2, 0.25) is 0 Å². The number of methoxy groups -OCH3 is 1. The lowest BCUT2D eigenvalue weighted by molar-refractivity contribution is 0.102. The Hall–Kier alpha value is -3.87. The molecular weight excluding hydrogens is 498 g/mol. The monoisotopic (exact) mass is 519 g/mol. The number of thioether (sulfide) groups is 1. The molecule has 4 heterocycles. The number of fused-ring (bicyclic) bond motifs is 2. The molecule has 0 aliphatic carbocycles. The Bertz CT molecular complexity index is 1680. The van der Waals surface area contributed by atoms with Crippen molar-refractivity contribution in [3.63, 3.8) is 0 Å². The van der Waals surface area contributed by atoms with Crippen LogP contribution in [-0.2, 0) is 17.0 Å². The van der Waals surface area contributed by atoms with E-state index in [1.54, 1.807) is 31.5 Å². The fourth-order valence-corrected chi connectivity index (χ4v) is 5.37. The molecule has 1 amide bonds. The van der Waals surface area contributed by atoms with Crippen molar-refractivity contribution in [1.82, 2.24) is 24.1 Å². The lowest BCUT2D eigenvalue weighted by Crippen LogP contribution is -2.33. The Kier molecular flexibility index (Phi) is 6.89. The first kappa shape index (κ1) is 23.9. The maximum atomic E-state index is 13.2. The predicted octanol–water partition coefficient (Wildman–Crippen LogP) is 3.17. The number of hydrogen-bond acceptors (Lipinski definition) is 9. The van der Waals surface area contributed by atoms with Crippen LogP contribution in [0.15, 0.2) is 69.9 Å². The second-order valence-electron chi connectivity index (χ2n) is 7.74. The maximum absolute atomic E-state index is 13.2. The van der Waals surface area contributed by atoms with E-state index in [9.17, 15) is 9.59 Å². The van der Waals surface area contributed by atoms with Gasteiger partial charge in [-0.1, -0.05) is 59.5 Å². The van der Waals surface area contributed by atoms with Gasteiger partial charge in [-0.3, -0.25) is 24.7 Å². The van der Waals surface area contributed by atoms with Gasteiger partial charge in [-0.15, -0.1) is 10.2 Å². The van der Waals surface area contributed by atoms with Gasteiger partial charge < -0.3 is 9.30 Å². The van der Waals surface area contributed by atoms with E-state index in [0.717, 1.165) is 11.3 Å². The molecule has 0 aliphatic rings. The molecule has 0 atom stereocenters. The average molecular weight is 520 g/mol. The number of anilines is 1. The molecule has 0 saturated heterocycles. The number of nitrogens with zero attached hydrogens (tertiary/aromatic N) is 5. The van der Waals surface area contributed by atoms with Crippen LogP contribution in [0.3, 0.4) is 0 Å². The molecule has 2 N–H and O–H groups in total. The molecule has 0 bridgehead atoms. The van der Waals surface area contributed by atoms with Crippen molar-refractivity contribution in [3.8, 4) is 0 Å². The van der Waals surface area contributed by atoms with Crippen LogP contribution in [0.25, 0.3) is 16.7 Å².